The molecule has 0 radical (unpaired) electrons. The first-order valence-corrected chi connectivity index (χ1v) is 6.92. The summed E-state index contributed by atoms with van der Waals surface area (Å²) in [7, 11) is 0. The first kappa shape index (κ1) is 16.4. The number of halogens is 1. The maximum Gasteiger partial charge on any atom is 0.260 e. The number of ether oxygens (including phenoxy) is 1. The monoisotopic (exact) mass is 282 g/mol. The smallest absolute Gasteiger partial charge is 0.260 e. The number of amides is 1. The van der Waals surface area contributed by atoms with Crippen LogP contribution < -0.4 is 10.5 Å². The van der Waals surface area contributed by atoms with Crippen molar-refractivity contribution in [2.24, 2.45) is 5.73 Å². The summed E-state index contributed by atoms with van der Waals surface area (Å²) in [6.07, 6.45) is 0.607. The van der Waals surface area contributed by atoms with E-state index in [0.29, 0.717) is 19.5 Å². The highest BCUT2D eigenvalue weighted by Gasteiger charge is 2.12. The van der Waals surface area contributed by atoms with Gasteiger partial charge in [0.25, 0.3) is 5.91 Å². The molecule has 2 N–H and O–H groups in total. The van der Waals surface area contributed by atoms with Gasteiger partial charge in [0, 0.05) is 19.1 Å². The van der Waals surface area contributed by atoms with Crippen molar-refractivity contribution in [1.29, 1.82) is 0 Å². The molecule has 1 atom stereocenters. The van der Waals surface area contributed by atoms with E-state index in [-0.39, 0.29) is 24.3 Å². The minimum absolute atomic E-state index is 0.0228. The fourth-order valence-corrected chi connectivity index (χ4v) is 1.97. The van der Waals surface area contributed by atoms with Crippen LogP contribution in [0.4, 0.5) is 4.39 Å². The molecule has 1 aromatic carbocycles. The molecule has 0 aliphatic rings. The molecule has 0 saturated carbocycles. The minimum atomic E-state index is -0.463. The second-order valence-electron chi connectivity index (χ2n) is 4.80. The highest BCUT2D eigenvalue weighted by molar-refractivity contribution is 5.77. The Morgan fingerprint density at radius 3 is 2.55 bits per heavy atom. The van der Waals surface area contributed by atoms with Crippen molar-refractivity contribution in [3.8, 4) is 5.75 Å². The molecule has 0 aromatic heterocycles. The van der Waals surface area contributed by atoms with E-state index >= 15 is 0 Å². The molecule has 1 unspecified atom stereocenters. The van der Waals surface area contributed by atoms with Crippen molar-refractivity contribution in [1.82, 2.24) is 4.90 Å². The molecule has 0 heterocycles. The van der Waals surface area contributed by atoms with Crippen LogP contribution in [0.25, 0.3) is 0 Å². The first-order valence-electron chi connectivity index (χ1n) is 6.92. The summed E-state index contributed by atoms with van der Waals surface area (Å²) in [6.45, 7) is 6.74. The average molecular weight is 282 g/mol. The van der Waals surface area contributed by atoms with Gasteiger partial charge in [-0.25, -0.2) is 4.39 Å². The lowest BCUT2D eigenvalue weighted by Crippen LogP contribution is -2.34. The number of benzene rings is 1. The molecule has 4 nitrogen and oxygen atoms in total. The third-order valence-corrected chi connectivity index (χ3v) is 3.02. The standard InChI is InChI=1S/C15H23FN2O2/c1-4-18(5-2)15(19)10-20-14-7-6-12(8-11(3)17)9-13(14)16/h6-7,9,11H,4-5,8,10,17H2,1-3H3. The van der Waals surface area contributed by atoms with Gasteiger partial charge in [0.2, 0.25) is 0 Å². The van der Waals surface area contributed by atoms with Crippen LogP contribution in [0.2, 0.25) is 0 Å². The molecule has 0 fully saturated rings. The van der Waals surface area contributed by atoms with Crippen molar-refractivity contribution in [3.05, 3.63) is 29.6 Å². The van der Waals surface area contributed by atoms with Gasteiger partial charge in [-0.1, -0.05) is 6.07 Å². The molecule has 1 rings (SSSR count). The van der Waals surface area contributed by atoms with E-state index in [9.17, 15) is 9.18 Å². The van der Waals surface area contributed by atoms with Gasteiger partial charge in [-0.05, 0) is 44.9 Å². The molecular formula is C15H23FN2O2. The summed E-state index contributed by atoms with van der Waals surface area (Å²) in [5.41, 5.74) is 6.49. The topological polar surface area (TPSA) is 55.6 Å². The van der Waals surface area contributed by atoms with Crippen LogP contribution in [0.5, 0.6) is 5.75 Å². The Hall–Kier alpha value is -1.62. The second-order valence-corrected chi connectivity index (χ2v) is 4.80. The Morgan fingerprint density at radius 2 is 2.05 bits per heavy atom. The number of nitrogens with zero attached hydrogens (tertiary/aromatic N) is 1. The molecule has 20 heavy (non-hydrogen) atoms. The van der Waals surface area contributed by atoms with E-state index < -0.39 is 5.82 Å². The summed E-state index contributed by atoms with van der Waals surface area (Å²) in [5, 5.41) is 0. The van der Waals surface area contributed by atoms with Crippen molar-refractivity contribution in [2.75, 3.05) is 19.7 Å². The van der Waals surface area contributed by atoms with Crippen LogP contribution in [-0.4, -0.2) is 36.5 Å². The summed E-state index contributed by atoms with van der Waals surface area (Å²) in [6, 6.07) is 4.69. The van der Waals surface area contributed by atoms with Crippen LogP contribution >= 0.6 is 0 Å². The SMILES string of the molecule is CCN(CC)C(=O)COc1ccc(CC(C)N)cc1F. The van der Waals surface area contributed by atoms with Gasteiger partial charge in [-0.2, -0.15) is 0 Å². The predicted octanol–water partition coefficient (Wildman–Crippen LogP) is 1.96. The molecule has 0 bridgehead atoms. The zero-order valence-corrected chi connectivity index (χ0v) is 12.4. The molecule has 0 spiro atoms. The first-order chi connectivity index (χ1) is 9.47. The van der Waals surface area contributed by atoms with Crippen molar-refractivity contribution < 1.29 is 13.9 Å². The minimum Gasteiger partial charge on any atom is -0.481 e. The quantitative estimate of drug-likeness (QED) is 0.832. The maximum atomic E-state index is 13.8. The van der Waals surface area contributed by atoms with Gasteiger partial charge >= 0.3 is 0 Å². The molecule has 0 aliphatic carbocycles. The van der Waals surface area contributed by atoms with Gasteiger partial charge in [0.05, 0.1) is 0 Å². The molecule has 5 heteroatoms. The van der Waals surface area contributed by atoms with Gasteiger partial charge < -0.3 is 15.4 Å². The van der Waals surface area contributed by atoms with E-state index in [2.05, 4.69) is 0 Å². The average Bonchev–Trinajstić information content (AvgIpc) is 2.38. The third-order valence-electron chi connectivity index (χ3n) is 3.02. The summed E-state index contributed by atoms with van der Waals surface area (Å²) in [5.74, 6) is -0.511. The van der Waals surface area contributed by atoms with Crippen molar-refractivity contribution in [2.45, 2.75) is 33.2 Å². The lowest BCUT2D eigenvalue weighted by atomic mass is 10.1. The number of carbonyl (C=O) groups excluding carboxylic acids is 1. The van der Waals surface area contributed by atoms with E-state index in [0.717, 1.165) is 5.56 Å². The predicted molar refractivity (Wildman–Crippen MR) is 77.2 cm³/mol. The Labute approximate surface area is 119 Å². The molecular weight excluding hydrogens is 259 g/mol. The lowest BCUT2D eigenvalue weighted by molar-refractivity contribution is -0.133. The van der Waals surface area contributed by atoms with E-state index in [1.807, 2.05) is 20.8 Å². The molecule has 0 saturated heterocycles. The highest BCUT2D eigenvalue weighted by atomic mass is 19.1. The summed E-state index contributed by atoms with van der Waals surface area (Å²) in [4.78, 5) is 13.4. The van der Waals surface area contributed by atoms with Crippen LogP contribution in [0.15, 0.2) is 18.2 Å². The highest BCUT2D eigenvalue weighted by Crippen LogP contribution is 2.19. The van der Waals surface area contributed by atoms with Gasteiger partial charge in [0.1, 0.15) is 0 Å². The van der Waals surface area contributed by atoms with Crippen molar-refractivity contribution in [3.63, 3.8) is 0 Å². The second kappa shape index (κ2) is 7.85. The maximum absolute atomic E-state index is 13.8. The van der Waals surface area contributed by atoms with Crippen LogP contribution in [0, 0.1) is 5.82 Å². The van der Waals surface area contributed by atoms with E-state index in [1.165, 1.54) is 6.07 Å². The van der Waals surface area contributed by atoms with Gasteiger partial charge in [0.15, 0.2) is 18.2 Å². The van der Waals surface area contributed by atoms with Gasteiger partial charge in [-0.3, -0.25) is 4.79 Å². The number of hydrogen-bond donors (Lipinski definition) is 1. The third kappa shape index (κ3) is 4.81. The largest absolute Gasteiger partial charge is 0.481 e. The zero-order valence-electron chi connectivity index (χ0n) is 12.4. The Balaban J connectivity index is 2.63. The molecule has 112 valence electrons. The normalized spacial score (nSPS) is 12.1. The molecule has 1 amide bonds. The van der Waals surface area contributed by atoms with Crippen LogP contribution in [0.1, 0.15) is 26.3 Å². The Kier molecular flexibility index (Phi) is 6.45. The molecule has 1 aromatic rings. The fourth-order valence-electron chi connectivity index (χ4n) is 1.97. The fraction of sp³-hybridized carbons (Fsp3) is 0.533. The number of hydrogen-bond acceptors (Lipinski definition) is 3. The van der Waals surface area contributed by atoms with Gasteiger partial charge in [-0.15, -0.1) is 0 Å². The number of rotatable bonds is 7. The van der Waals surface area contributed by atoms with E-state index in [4.69, 9.17) is 10.5 Å². The van der Waals surface area contributed by atoms with Crippen LogP contribution in [-0.2, 0) is 11.2 Å². The Bertz CT molecular complexity index is 445. The summed E-state index contributed by atoms with van der Waals surface area (Å²) >= 11 is 0. The number of carbonyl (C=O) groups is 1. The number of likely N-dealkylation sites (N-methyl/N-ethyl adjacent to an activating group) is 1. The van der Waals surface area contributed by atoms with Crippen LogP contribution in [0.3, 0.4) is 0 Å². The zero-order chi connectivity index (χ0) is 15.1. The Morgan fingerprint density at radius 1 is 1.40 bits per heavy atom. The molecule has 0 aliphatic heterocycles. The lowest BCUT2D eigenvalue weighted by Gasteiger charge is -2.18. The van der Waals surface area contributed by atoms with E-state index in [1.54, 1.807) is 17.0 Å². The van der Waals surface area contributed by atoms with Crippen molar-refractivity contribution >= 4 is 5.91 Å². The number of nitrogens with two attached hydrogens (primary N) is 1. The summed E-state index contributed by atoms with van der Waals surface area (Å²) < 4.78 is 19.1.